The van der Waals surface area contributed by atoms with Gasteiger partial charge in [-0.15, -0.1) is 0 Å². The summed E-state index contributed by atoms with van der Waals surface area (Å²) in [6, 6.07) is 0. The van der Waals surface area contributed by atoms with Crippen LogP contribution in [0.25, 0.3) is 0 Å². The molecule has 1 aliphatic carbocycles. The molecule has 1 rings (SSSR count). The van der Waals surface area contributed by atoms with E-state index in [0.29, 0.717) is 24.0 Å². The van der Waals surface area contributed by atoms with Crippen molar-refractivity contribution in [2.75, 3.05) is 13.2 Å². The number of esters is 2. The second-order valence-corrected chi connectivity index (χ2v) is 12.3. The summed E-state index contributed by atoms with van der Waals surface area (Å²) in [5, 5.41) is 0. The number of rotatable bonds is 18. The predicted molar refractivity (Wildman–Crippen MR) is 142 cm³/mol. The number of hydrogen-bond donors (Lipinski definition) is 0. The Morgan fingerprint density at radius 2 is 0.912 bits per heavy atom. The van der Waals surface area contributed by atoms with E-state index in [1.807, 2.05) is 0 Å². The van der Waals surface area contributed by atoms with Crippen LogP contribution in [0.5, 0.6) is 0 Å². The molecule has 0 unspecified atom stereocenters. The molecule has 1 aliphatic rings. The van der Waals surface area contributed by atoms with E-state index in [9.17, 15) is 9.59 Å². The molecule has 0 amide bonds. The van der Waals surface area contributed by atoms with Gasteiger partial charge in [0.25, 0.3) is 0 Å². The van der Waals surface area contributed by atoms with E-state index in [2.05, 4.69) is 41.5 Å². The Hall–Kier alpha value is -1.06. The van der Waals surface area contributed by atoms with Gasteiger partial charge in [0.15, 0.2) is 0 Å². The van der Waals surface area contributed by atoms with Crippen molar-refractivity contribution in [2.24, 2.45) is 22.7 Å². The average molecular weight is 481 g/mol. The highest BCUT2D eigenvalue weighted by molar-refractivity contribution is 5.75. The second kappa shape index (κ2) is 16.6. The largest absolute Gasteiger partial charge is 0.465 e. The van der Waals surface area contributed by atoms with Gasteiger partial charge < -0.3 is 9.47 Å². The maximum atomic E-state index is 12.4. The number of unbranched alkanes of at least 4 members (excludes halogenated alkanes) is 4. The smallest absolute Gasteiger partial charge is 0.308 e. The molecule has 0 aromatic heterocycles. The van der Waals surface area contributed by atoms with Gasteiger partial charge in [0.05, 0.1) is 25.0 Å². The fourth-order valence-electron chi connectivity index (χ4n) is 5.12. The van der Waals surface area contributed by atoms with Crippen molar-refractivity contribution < 1.29 is 19.1 Å². The summed E-state index contributed by atoms with van der Waals surface area (Å²) in [4.78, 5) is 24.9. The van der Waals surface area contributed by atoms with Gasteiger partial charge in [0, 0.05) is 0 Å². The normalized spacial score (nSPS) is 19.1. The van der Waals surface area contributed by atoms with Crippen LogP contribution in [0.1, 0.15) is 144 Å². The van der Waals surface area contributed by atoms with Crippen LogP contribution >= 0.6 is 0 Å². The third-order valence-corrected chi connectivity index (χ3v) is 7.79. The van der Waals surface area contributed by atoms with Gasteiger partial charge in [-0.3, -0.25) is 9.59 Å². The molecule has 0 spiro atoms. The average Bonchev–Trinajstić information content (AvgIpc) is 2.80. The summed E-state index contributed by atoms with van der Waals surface area (Å²) < 4.78 is 11.1. The molecule has 0 heterocycles. The quantitative estimate of drug-likeness (QED) is 0.145. The van der Waals surface area contributed by atoms with E-state index in [-0.39, 0.29) is 23.8 Å². The molecule has 34 heavy (non-hydrogen) atoms. The van der Waals surface area contributed by atoms with Crippen molar-refractivity contribution in [3.8, 4) is 0 Å². The molecule has 0 atom stereocenters. The topological polar surface area (TPSA) is 52.6 Å². The van der Waals surface area contributed by atoms with Crippen molar-refractivity contribution in [1.29, 1.82) is 0 Å². The lowest BCUT2D eigenvalue weighted by molar-refractivity contribution is -0.155. The molecule has 4 nitrogen and oxygen atoms in total. The molecule has 0 aliphatic heterocycles. The van der Waals surface area contributed by atoms with E-state index in [1.165, 1.54) is 51.4 Å². The van der Waals surface area contributed by atoms with Crippen LogP contribution in [0.4, 0.5) is 0 Å². The fourth-order valence-corrected chi connectivity index (χ4v) is 5.12. The Bertz CT molecular complexity index is 508. The first-order valence-electron chi connectivity index (χ1n) is 14.4. The Morgan fingerprint density at radius 1 is 0.588 bits per heavy atom. The van der Waals surface area contributed by atoms with E-state index in [0.717, 1.165) is 51.4 Å². The van der Waals surface area contributed by atoms with Gasteiger partial charge in [-0.1, -0.05) is 67.2 Å². The maximum Gasteiger partial charge on any atom is 0.308 e. The highest BCUT2D eigenvalue weighted by atomic mass is 16.5. The van der Waals surface area contributed by atoms with Gasteiger partial charge >= 0.3 is 11.9 Å². The minimum absolute atomic E-state index is 0.0459. The molecule has 0 N–H and O–H groups in total. The molecular formula is C30H56O4. The van der Waals surface area contributed by atoms with Crippen molar-refractivity contribution in [3.63, 3.8) is 0 Å². The van der Waals surface area contributed by atoms with Crippen molar-refractivity contribution in [1.82, 2.24) is 0 Å². The van der Waals surface area contributed by atoms with Crippen LogP contribution in [0.2, 0.25) is 0 Å². The van der Waals surface area contributed by atoms with Gasteiger partial charge in [0.2, 0.25) is 0 Å². The van der Waals surface area contributed by atoms with E-state index in [1.54, 1.807) is 0 Å². The van der Waals surface area contributed by atoms with Crippen LogP contribution in [0.15, 0.2) is 0 Å². The Balaban J connectivity index is 2.13. The lowest BCUT2D eigenvalue weighted by atomic mass is 9.82. The second-order valence-electron chi connectivity index (χ2n) is 12.3. The number of ether oxygens (including phenoxy) is 2. The molecule has 1 fully saturated rings. The van der Waals surface area contributed by atoms with Gasteiger partial charge in [-0.05, 0) is 87.9 Å². The zero-order chi connectivity index (χ0) is 25.5. The van der Waals surface area contributed by atoms with E-state index < -0.39 is 0 Å². The highest BCUT2D eigenvalue weighted by Gasteiger charge is 2.31. The fraction of sp³-hybridized carbons (Fsp3) is 0.933. The van der Waals surface area contributed by atoms with Gasteiger partial charge in [-0.2, -0.15) is 0 Å². The minimum atomic E-state index is -0.0669. The van der Waals surface area contributed by atoms with E-state index >= 15 is 0 Å². The van der Waals surface area contributed by atoms with E-state index in [4.69, 9.17) is 9.47 Å². The molecule has 200 valence electrons. The standard InChI is InChI=1S/C30H56O4/c1-7-9-19-29(3,4)21-11-13-23-33-27(31)25-15-17-26(18-16-25)28(32)34-24-14-12-22-30(5,6)20-10-8-2/h25-26H,7-24H2,1-6H3. The molecule has 0 bridgehead atoms. The Morgan fingerprint density at radius 3 is 1.24 bits per heavy atom. The lowest BCUT2D eigenvalue weighted by Gasteiger charge is -2.26. The summed E-state index contributed by atoms with van der Waals surface area (Å²) in [7, 11) is 0. The molecular weight excluding hydrogens is 424 g/mol. The summed E-state index contributed by atoms with van der Waals surface area (Å²) >= 11 is 0. The SMILES string of the molecule is CCCCC(C)(C)CCCCOC(=O)C1CCC(C(=O)OCCCCC(C)(C)CCCC)CC1. The molecule has 0 radical (unpaired) electrons. The number of carbonyl (C=O) groups excluding carboxylic acids is 2. The first-order valence-corrected chi connectivity index (χ1v) is 14.4. The summed E-state index contributed by atoms with van der Waals surface area (Å²) in [6.07, 6.45) is 17.1. The third-order valence-electron chi connectivity index (χ3n) is 7.79. The number of hydrogen-bond acceptors (Lipinski definition) is 4. The van der Waals surface area contributed by atoms with Crippen LogP contribution in [0.3, 0.4) is 0 Å². The van der Waals surface area contributed by atoms with Gasteiger partial charge in [-0.25, -0.2) is 0 Å². The Kier molecular flexibility index (Phi) is 15.1. The zero-order valence-corrected chi connectivity index (χ0v) is 23.5. The van der Waals surface area contributed by atoms with Crippen molar-refractivity contribution >= 4 is 11.9 Å². The summed E-state index contributed by atoms with van der Waals surface area (Å²) in [6.45, 7) is 14.9. The third kappa shape index (κ3) is 13.7. The monoisotopic (exact) mass is 480 g/mol. The molecule has 0 saturated heterocycles. The van der Waals surface area contributed by atoms with Crippen molar-refractivity contribution in [3.05, 3.63) is 0 Å². The maximum absolute atomic E-state index is 12.4. The number of carbonyl (C=O) groups is 2. The van der Waals surface area contributed by atoms with Crippen molar-refractivity contribution in [2.45, 2.75) is 144 Å². The van der Waals surface area contributed by atoms with Crippen LogP contribution in [-0.4, -0.2) is 25.2 Å². The van der Waals surface area contributed by atoms with Crippen LogP contribution in [-0.2, 0) is 19.1 Å². The Labute approximate surface area is 211 Å². The summed E-state index contributed by atoms with van der Waals surface area (Å²) in [5.41, 5.74) is 0.774. The molecule has 0 aromatic carbocycles. The zero-order valence-electron chi connectivity index (χ0n) is 23.5. The lowest BCUT2D eigenvalue weighted by Crippen LogP contribution is -2.28. The summed E-state index contributed by atoms with van der Waals surface area (Å²) in [5.74, 6) is -0.226. The minimum Gasteiger partial charge on any atom is -0.465 e. The molecule has 4 heteroatoms. The van der Waals surface area contributed by atoms with Crippen LogP contribution in [0, 0.1) is 22.7 Å². The first-order chi connectivity index (χ1) is 16.1. The van der Waals surface area contributed by atoms with Crippen LogP contribution < -0.4 is 0 Å². The predicted octanol–water partition coefficient (Wildman–Crippen LogP) is 8.65. The first kappa shape index (κ1) is 31.0. The molecule has 1 saturated carbocycles. The van der Waals surface area contributed by atoms with Gasteiger partial charge in [0.1, 0.15) is 0 Å². The highest BCUT2D eigenvalue weighted by Crippen LogP contribution is 2.32. The molecule has 0 aromatic rings.